The second-order valence-corrected chi connectivity index (χ2v) is 4.87. The quantitative estimate of drug-likeness (QED) is 0.784. The van der Waals surface area contributed by atoms with Gasteiger partial charge in [0.05, 0.1) is 5.69 Å². The fraction of sp³-hybridized carbons (Fsp3) is 0.538. The number of carboxylic acid groups (broad SMARTS) is 1. The summed E-state index contributed by atoms with van der Waals surface area (Å²) >= 11 is 0. The molecule has 1 aliphatic rings. The lowest BCUT2D eigenvalue weighted by atomic mass is 10.2. The lowest BCUT2D eigenvalue weighted by Gasteiger charge is -2.23. The maximum absolute atomic E-state index is 12.2. The van der Waals surface area contributed by atoms with Crippen LogP contribution >= 0.6 is 0 Å². The number of nitrogens with one attached hydrogen (secondary N) is 2. The normalized spacial score (nSPS) is 18.6. The number of H-pyrrole nitrogens is 1. The molecule has 6 heteroatoms. The molecule has 19 heavy (non-hydrogen) atoms. The van der Waals surface area contributed by atoms with Crippen LogP contribution in [-0.2, 0) is 0 Å². The highest BCUT2D eigenvalue weighted by Gasteiger charge is 2.28. The standard InChI is InChI=1S/C13H19N3O3/c1-3-9-5-4-6-16(9)13(19)15-10-7-8(2)14-11(10)12(17)18/h7,9,14H,3-6H2,1-2H3,(H,15,19)(H,17,18). The van der Waals surface area contributed by atoms with Crippen molar-refractivity contribution < 1.29 is 14.7 Å². The maximum atomic E-state index is 12.2. The summed E-state index contributed by atoms with van der Waals surface area (Å²) in [4.78, 5) is 27.8. The first-order valence-electron chi connectivity index (χ1n) is 6.53. The SMILES string of the molecule is CCC1CCCN1C(=O)Nc1cc(C)[nH]c1C(=O)O. The molecule has 0 bridgehead atoms. The van der Waals surface area contributed by atoms with Gasteiger partial charge in [-0.15, -0.1) is 0 Å². The van der Waals surface area contributed by atoms with Gasteiger partial charge in [-0.1, -0.05) is 6.92 Å². The summed E-state index contributed by atoms with van der Waals surface area (Å²) in [6, 6.07) is 1.68. The predicted molar refractivity (Wildman–Crippen MR) is 71.5 cm³/mol. The highest BCUT2D eigenvalue weighted by molar-refractivity contribution is 5.99. The Kier molecular flexibility index (Phi) is 3.78. The molecule has 0 aliphatic carbocycles. The van der Waals surface area contributed by atoms with Gasteiger partial charge in [0.25, 0.3) is 0 Å². The number of aromatic amines is 1. The van der Waals surface area contributed by atoms with Crippen LogP contribution in [0.2, 0.25) is 0 Å². The Balaban J connectivity index is 2.12. The number of urea groups is 1. The third-order valence-corrected chi connectivity index (χ3v) is 3.52. The number of carbonyl (C=O) groups excluding carboxylic acids is 1. The monoisotopic (exact) mass is 265 g/mol. The summed E-state index contributed by atoms with van der Waals surface area (Å²) in [5.74, 6) is -1.07. The van der Waals surface area contributed by atoms with Gasteiger partial charge in [-0.3, -0.25) is 0 Å². The Morgan fingerprint density at radius 1 is 1.58 bits per heavy atom. The third kappa shape index (κ3) is 2.72. The van der Waals surface area contributed by atoms with Gasteiger partial charge in [-0.2, -0.15) is 0 Å². The van der Waals surface area contributed by atoms with E-state index in [4.69, 9.17) is 5.11 Å². The number of aromatic nitrogens is 1. The molecule has 1 unspecified atom stereocenters. The van der Waals surface area contributed by atoms with Gasteiger partial charge in [0.2, 0.25) is 0 Å². The molecule has 3 N–H and O–H groups in total. The van der Waals surface area contributed by atoms with E-state index in [0.29, 0.717) is 11.4 Å². The van der Waals surface area contributed by atoms with Crippen LogP contribution in [0.1, 0.15) is 42.4 Å². The first kappa shape index (κ1) is 13.5. The van der Waals surface area contributed by atoms with E-state index in [1.54, 1.807) is 17.9 Å². The second kappa shape index (κ2) is 5.34. The van der Waals surface area contributed by atoms with Crippen molar-refractivity contribution >= 4 is 17.7 Å². The molecule has 1 aromatic rings. The summed E-state index contributed by atoms with van der Waals surface area (Å²) in [6.07, 6.45) is 2.94. The minimum atomic E-state index is -1.07. The van der Waals surface area contributed by atoms with Gasteiger partial charge in [0, 0.05) is 18.3 Å². The summed E-state index contributed by atoms with van der Waals surface area (Å²) in [5.41, 5.74) is 1.07. The maximum Gasteiger partial charge on any atom is 0.354 e. The van der Waals surface area contributed by atoms with Crippen molar-refractivity contribution in [2.45, 2.75) is 39.2 Å². The molecule has 0 aromatic carbocycles. The van der Waals surface area contributed by atoms with Gasteiger partial charge >= 0.3 is 12.0 Å². The van der Waals surface area contributed by atoms with Crippen LogP contribution in [0.3, 0.4) is 0 Å². The number of anilines is 1. The van der Waals surface area contributed by atoms with E-state index in [9.17, 15) is 9.59 Å². The van der Waals surface area contributed by atoms with E-state index in [-0.39, 0.29) is 17.8 Å². The summed E-state index contributed by atoms with van der Waals surface area (Å²) in [6.45, 7) is 4.54. The number of hydrogen-bond acceptors (Lipinski definition) is 2. The van der Waals surface area contributed by atoms with Crippen LogP contribution in [0, 0.1) is 6.92 Å². The smallest absolute Gasteiger partial charge is 0.354 e. The van der Waals surface area contributed by atoms with E-state index >= 15 is 0 Å². The van der Waals surface area contributed by atoms with Crippen LogP contribution in [-0.4, -0.2) is 39.6 Å². The molecule has 2 rings (SSSR count). The molecule has 2 heterocycles. The molecule has 0 spiro atoms. The lowest BCUT2D eigenvalue weighted by molar-refractivity contribution is 0.0692. The first-order chi connectivity index (χ1) is 9.02. The lowest BCUT2D eigenvalue weighted by Crippen LogP contribution is -2.38. The van der Waals surface area contributed by atoms with Crippen LogP contribution in [0.5, 0.6) is 0 Å². The van der Waals surface area contributed by atoms with Crippen molar-refractivity contribution in [3.63, 3.8) is 0 Å². The van der Waals surface area contributed by atoms with Crippen LogP contribution in [0.4, 0.5) is 10.5 Å². The average molecular weight is 265 g/mol. The summed E-state index contributed by atoms with van der Waals surface area (Å²) < 4.78 is 0. The van der Waals surface area contributed by atoms with Crippen molar-refractivity contribution in [3.05, 3.63) is 17.5 Å². The van der Waals surface area contributed by atoms with Crippen molar-refractivity contribution in [2.75, 3.05) is 11.9 Å². The van der Waals surface area contributed by atoms with Crippen molar-refractivity contribution in [3.8, 4) is 0 Å². The number of rotatable bonds is 3. The average Bonchev–Trinajstić information content (AvgIpc) is 2.95. The largest absolute Gasteiger partial charge is 0.477 e. The fourth-order valence-electron chi connectivity index (χ4n) is 2.57. The zero-order valence-corrected chi connectivity index (χ0v) is 11.2. The highest BCUT2D eigenvalue weighted by atomic mass is 16.4. The van der Waals surface area contributed by atoms with Gasteiger partial charge in [-0.25, -0.2) is 9.59 Å². The molecule has 1 atom stereocenters. The minimum absolute atomic E-state index is 0.0260. The zero-order chi connectivity index (χ0) is 14.0. The van der Waals surface area contributed by atoms with Gasteiger partial charge in [-0.05, 0) is 32.3 Å². The van der Waals surface area contributed by atoms with E-state index < -0.39 is 5.97 Å². The number of likely N-dealkylation sites (tertiary alicyclic amines) is 1. The Morgan fingerprint density at radius 2 is 2.32 bits per heavy atom. The molecule has 1 aliphatic heterocycles. The Bertz CT molecular complexity index is 495. The van der Waals surface area contributed by atoms with Crippen LogP contribution in [0.15, 0.2) is 6.07 Å². The van der Waals surface area contributed by atoms with Gasteiger partial charge in [0.15, 0.2) is 0 Å². The van der Waals surface area contributed by atoms with Crippen molar-refractivity contribution in [1.29, 1.82) is 0 Å². The summed E-state index contributed by atoms with van der Waals surface area (Å²) in [5, 5.41) is 11.8. The summed E-state index contributed by atoms with van der Waals surface area (Å²) in [7, 11) is 0. The van der Waals surface area contributed by atoms with E-state index in [2.05, 4.69) is 17.2 Å². The number of aryl methyl sites for hydroxylation is 1. The minimum Gasteiger partial charge on any atom is -0.477 e. The molecule has 1 aromatic heterocycles. The predicted octanol–water partition coefficient (Wildman–Crippen LogP) is 2.43. The Hall–Kier alpha value is -1.98. The molecular formula is C13H19N3O3. The second-order valence-electron chi connectivity index (χ2n) is 4.87. The molecule has 6 nitrogen and oxygen atoms in total. The van der Waals surface area contributed by atoms with E-state index in [1.807, 2.05) is 0 Å². The third-order valence-electron chi connectivity index (χ3n) is 3.52. The molecule has 1 saturated heterocycles. The molecule has 0 radical (unpaired) electrons. The molecular weight excluding hydrogens is 246 g/mol. The number of nitrogens with zero attached hydrogens (tertiary/aromatic N) is 1. The Morgan fingerprint density at radius 3 is 2.95 bits per heavy atom. The number of aromatic carboxylic acids is 1. The molecule has 104 valence electrons. The highest BCUT2D eigenvalue weighted by Crippen LogP contribution is 2.23. The number of amides is 2. The van der Waals surface area contributed by atoms with Crippen molar-refractivity contribution in [2.24, 2.45) is 0 Å². The number of hydrogen-bond donors (Lipinski definition) is 3. The zero-order valence-electron chi connectivity index (χ0n) is 11.2. The van der Waals surface area contributed by atoms with Gasteiger partial charge in [0.1, 0.15) is 5.69 Å². The van der Waals surface area contributed by atoms with E-state index in [1.165, 1.54) is 0 Å². The molecule has 2 amide bonds. The number of carbonyl (C=O) groups is 2. The topological polar surface area (TPSA) is 85.4 Å². The van der Waals surface area contributed by atoms with E-state index in [0.717, 1.165) is 25.8 Å². The molecule has 1 fully saturated rings. The van der Waals surface area contributed by atoms with Crippen molar-refractivity contribution in [1.82, 2.24) is 9.88 Å². The Labute approximate surface area is 111 Å². The van der Waals surface area contributed by atoms with Gasteiger partial charge < -0.3 is 20.3 Å². The van der Waals surface area contributed by atoms with Crippen LogP contribution < -0.4 is 5.32 Å². The van der Waals surface area contributed by atoms with Crippen LogP contribution in [0.25, 0.3) is 0 Å². The number of carboxylic acids is 1. The fourth-order valence-corrected chi connectivity index (χ4v) is 2.57. The molecule has 0 saturated carbocycles. The first-order valence-corrected chi connectivity index (χ1v) is 6.53.